The monoisotopic (exact) mass is 449 g/mol. The molecule has 8 heteroatoms. The fourth-order valence-electron chi connectivity index (χ4n) is 3.98. The van der Waals surface area contributed by atoms with Gasteiger partial charge in [-0.3, -0.25) is 9.67 Å². The number of halogens is 1. The van der Waals surface area contributed by atoms with Crippen LogP contribution in [0, 0.1) is 5.82 Å². The van der Waals surface area contributed by atoms with Crippen molar-refractivity contribution >= 4 is 17.3 Å². The molecular formula is C24H20FN3O3S. The average Bonchev–Trinajstić information content (AvgIpc) is 3.35. The summed E-state index contributed by atoms with van der Waals surface area (Å²) in [5, 5.41) is 5.01. The van der Waals surface area contributed by atoms with Crippen molar-refractivity contribution in [2.45, 2.75) is 19.8 Å². The highest BCUT2D eigenvalue weighted by Gasteiger charge is 2.32. The van der Waals surface area contributed by atoms with E-state index in [-0.39, 0.29) is 11.8 Å². The van der Waals surface area contributed by atoms with Gasteiger partial charge in [0.05, 0.1) is 30.3 Å². The Hall–Kier alpha value is -3.52. The smallest absolute Gasteiger partial charge is 0.348 e. The fourth-order valence-corrected chi connectivity index (χ4v) is 5.10. The van der Waals surface area contributed by atoms with Crippen molar-refractivity contribution in [3.8, 4) is 33.2 Å². The first-order valence-electron chi connectivity index (χ1n) is 10.3. The van der Waals surface area contributed by atoms with Gasteiger partial charge in [0.15, 0.2) is 5.06 Å². The van der Waals surface area contributed by atoms with E-state index in [1.165, 1.54) is 23.5 Å². The Labute approximate surface area is 188 Å². The highest BCUT2D eigenvalue weighted by Crippen LogP contribution is 2.48. The van der Waals surface area contributed by atoms with Crippen molar-refractivity contribution in [3.63, 3.8) is 0 Å². The van der Waals surface area contributed by atoms with E-state index < -0.39 is 0 Å². The van der Waals surface area contributed by atoms with Gasteiger partial charge in [-0.2, -0.15) is 5.10 Å². The number of fused-ring (bicyclic) bond motifs is 3. The Morgan fingerprint density at radius 3 is 2.75 bits per heavy atom. The van der Waals surface area contributed by atoms with Crippen molar-refractivity contribution in [1.82, 2.24) is 14.8 Å². The average molecular weight is 450 g/mol. The Balaban J connectivity index is 1.58. The van der Waals surface area contributed by atoms with Crippen molar-refractivity contribution in [2.24, 2.45) is 7.05 Å². The van der Waals surface area contributed by atoms with Gasteiger partial charge in [-0.05, 0) is 54.7 Å². The summed E-state index contributed by atoms with van der Waals surface area (Å²) in [5.41, 5.74) is 5.53. The van der Waals surface area contributed by atoms with Crippen LogP contribution < -0.4 is 4.74 Å². The van der Waals surface area contributed by atoms with Gasteiger partial charge in [0.25, 0.3) is 0 Å². The zero-order valence-corrected chi connectivity index (χ0v) is 18.4. The summed E-state index contributed by atoms with van der Waals surface area (Å²) in [6, 6.07) is 8.07. The van der Waals surface area contributed by atoms with Crippen molar-refractivity contribution in [3.05, 3.63) is 70.7 Å². The Bertz CT molecular complexity index is 1310. The molecule has 3 heterocycles. The molecule has 0 radical (unpaired) electrons. The Morgan fingerprint density at radius 1 is 1.16 bits per heavy atom. The van der Waals surface area contributed by atoms with E-state index in [2.05, 4.69) is 10.1 Å². The molecule has 1 aliphatic carbocycles. The lowest BCUT2D eigenvalue weighted by Crippen LogP contribution is -2.10. The number of hydrogen-bond acceptors (Lipinski definition) is 6. The number of pyridine rings is 1. The molecule has 3 aromatic heterocycles. The first-order chi connectivity index (χ1) is 15.5. The van der Waals surface area contributed by atoms with Crippen LogP contribution >= 0.6 is 11.3 Å². The van der Waals surface area contributed by atoms with Gasteiger partial charge < -0.3 is 9.47 Å². The third-order valence-electron chi connectivity index (χ3n) is 5.43. The summed E-state index contributed by atoms with van der Waals surface area (Å²) in [6.45, 7) is 2.10. The van der Waals surface area contributed by atoms with Crippen molar-refractivity contribution in [1.29, 1.82) is 0 Å². The number of benzene rings is 1. The Kier molecular flexibility index (Phi) is 5.22. The number of rotatable bonds is 5. The number of thiophene rings is 1. The third-order valence-corrected chi connectivity index (χ3v) is 6.52. The minimum Gasteiger partial charge on any atom is -0.462 e. The van der Waals surface area contributed by atoms with Crippen LogP contribution in [0.15, 0.2) is 48.9 Å². The topological polar surface area (TPSA) is 66.2 Å². The molecular weight excluding hydrogens is 429 g/mol. The molecule has 32 heavy (non-hydrogen) atoms. The summed E-state index contributed by atoms with van der Waals surface area (Å²) in [6.07, 6.45) is 6.71. The predicted octanol–water partition coefficient (Wildman–Crippen LogP) is 5.42. The van der Waals surface area contributed by atoms with Crippen molar-refractivity contribution < 1.29 is 18.7 Å². The van der Waals surface area contributed by atoms with Gasteiger partial charge in [0.1, 0.15) is 16.4 Å². The second-order valence-electron chi connectivity index (χ2n) is 7.45. The first-order valence-corrected chi connectivity index (χ1v) is 11.1. The quantitative estimate of drug-likeness (QED) is 0.381. The van der Waals surface area contributed by atoms with Gasteiger partial charge in [-0.15, -0.1) is 0 Å². The maximum Gasteiger partial charge on any atom is 0.348 e. The highest BCUT2D eigenvalue weighted by molar-refractivity contribution is 7.16. The third kappa shape index (κ3) is 3.56. The van der Waals surface area contributed by atoms with Crippen LogP contribution in [0.25, 0.3) is 22.4 Å². The van der Waals surface area contributed by atoms with Crippen LogP contribution in [0.3, 0.4) is 0 Å². The number of hydrogen-bond donors (Lipinski definition) is 0. The molecule has 0 amide bonds. The molecule has 0 spiro atoms. The first kappa shape index (κ1) is 20.4. The minimum atomic E-state index is -0.340. The zero-order valence-electron chi connectivity index (χ0n) is 17.6. The second kappa shape index (κ2) is 8.20. The molecule has 0 aliphatic heterocycles. The maximum atomic E-state index is 13.3. The number of aromatic nitrogens is 3. The van der Waals surface area contributed by atoms with E-state index in [4.69, 9.17) is 9.47 Å². The van der Waals surface area contributed by atoms with Crippen LogP contribution in [-0.4, -0.2) is 27.3 Å². The minimum absolute atomic E-state index is 0.294. The van der Waals surface area contributed by atoms with E-state index in [9.17, 15) is 9.18 Å². The molecule has 162 valence electrons. The lowest BCUT2D eigenvalue weighted by Gasteiger charge is -2.16. The van der Waals surface area contributed by atoms with Gasteiger partial charge in [-0.1, -0.05) is 23.5 Å². The molecule has 0 fully saturated rings. The van der Waals surface area contributed by atoms with Crippen LogP contribution in [0.1, 0.15) is 27.7 Å². The normalized spacial score (nSPS) is 12.2. The largest absolute Gasteiger partial charge is 0.462 e. The summed E-state index contributed by atoms with van der Waals surface area (Å²) >= 11 is 1.28. The molecule has 0 saturated heterocycles. The highest BCUT2D eigenvalue weighted by atomic mass is 32.1. The van der Waals surface area contributed by atoms with E-state index in [1.807, 2.05) is 24.0 Å². The summed E-state index contributed by atoms with van der Waals surface area (Å²) in [4.78, 5) is 17.5. The molecule has 4 aromatic rings. The predicted molar refractivity (Wildman–Crippen MR) is 120 cm³/mol. The van der Waals surface area contributed by atoms with E-state index in [0.717, 1.165) is 46.4 Å². The zero-order chi connectivity index (χ0) is 22.2. The maximum absolute atomic E-state index is 13.3. The summed E-state index contributed by atoms with van der Waals surface area (Å²) in [7, 11) is 1.89. The van der Waals surface area contributed by atoms with Crippen LogP contribution in [0.4, 0.5) is 4.39 Å². The van der Waals surface area contributed by atoms with Crippen LogP contribution in [0.2, 0.25) is 0 Å². The number of aryl methyl sites for hydroxylation is 2. The van der Waals surface area contributed by atoms with Gasteiger partial charge in [0.2, 0.25) is 0 Å². The Morgan fingerprint density at radius 2 is 1.97 bits per heavy atom. The number of ether oxygens (including phenoxy) is 2. The molecule has 0 saturated carbocycles. The molecule has 1 aromatic carbocycles. The van der Waals surface area contributed by atoms with Crippen LogP contribution in [-0.2, 0) is 24.6 Å². The number of esters is 1. The summed E-state index contributed by atoms with van der Waals surface area (Å²) in [5.74, 6) is -0.106. The summed E-state index contributed by atoms with van der Waals surface area (Å²) < 4.78 is 26.7. The van der Waals surface area contributed by atoms with Gasteiger partial charge >= 0.3 is 5.97 Å². The molecule has 1 aliphatic rings. The molecule has 5 rings (SSSR count). The lowest BCUT2D eigenvalue weighted by atomic mass is 9.91. The van der Waals surface area contributed by atoms with Crippen molar-refractivity contribution in [2.75, 3.05) is 6.61 Å². The number of nitrogens with zero attached hydrogens (tertiary/aromatic N) is 3. The SMILES string of the molecule is CCOC(=O)c1sc(Oc2cncc(-c3ccc(F)cc3)c2)c2c1CCc1cnn(C)c1-2. The molecule has 0 bridgehead atoms. The molecule has 0 N–H and O–H groups in total. The van der Waals surface area contributed by atoms with Gasteiger partial charge in [-0.25, -0.2) is 9.18 Å². The standard InChI is InChI=1S/C24H20FN3O3S/c1-3-30-23(29)22-19-9-6-15-12-27-28(2)21(15)20(19)24(32-22)31-18-10-16(11-26-13-18)14-4-7-17(25)8-5-14/h4-5,7-8,10-13H,3,6,9H2,1-2H3. The fraction of sp³-hybridized carbons (Fsp3) is 0.208. The van der Waals surface area contributed by atoms with E-state index >= 15 is 0 Å². The number of carbonyl (C=O) groups is 1. The lowest BCUT2D eigenvalue weighted by molar-refractivity contribution is 0.0531. The van der Waals surface area contributed by atoms with E-state index in [1.54, 1.807) is 31.5 Å². The van der Waals surface area contributed by atoms with Gasteiger partial charge in [0, 0.05) is 18.8 Å². The molecule has 0 unspecified atom stereocenters. The number of carbonyl (C=O) groups excluding carboxylic acids is 1. The van der Waals surface area contributed by atoms with Crippen LogP contribution in [0.5, 0.6) is 10.8 Å². The second-order valence-corrected chi connectivity index (χ2v) is 8.44. The molecule has 6 nitrogen and oxygen atoms in total. The van der Waals surface area contributed by atoms with E-state index in [0.29, 0.717) is 22.3 Å². The molecule has 0 atom stereocenters.